The van der Waals surface area contributed by atoms with E-state index in [1.807, 2.05) is 0 Å². The average molecular weight is 290 g/mol. The van der Waals surface area contributed by atoms with Crippen LogP contribution in [0.4, 0.5) is 18.9 Å². The predicted molar refractivity (Wildman–Crippen MR) is 69.4 cm³/mol. The molecule has 3 N–H and O–H groups in total. The van der Waals surface area contributed by atoms with Crippen LogP contribution in [0.25, 0.3) is 0 Å². The molecule has 4 nitrogen and oxygen atoms in total. The largest absolute Gasteiger partial charge is 0.478 e. The zero-order valence-corrected chi connectivity index (χ0v) is 11.2. The highest BCUT2D eigenvalue weighted by Gasteiger charge is 2.32. The Kier molecular flexibility index (Phi) is 4.99. The lowest BCUT2D eigenvalue weighted by Crippen LogP contribution is -2.38. The number of halogens is 3. The summed E-state index contributed by atoms with van der Waals surface area (Å²) in [6.07, 6.45) is -4.34. The van der Waals surface area contributed by atoms with E-state index in [4.69, 9.17) is 10.8 Å². The minimum atomic E-state index is -4.34. The number of rotatable bonds is 5. The molecule has 0 heterocycles. The summed E-state index contributed by atoms with van der Waals surface area (Å²) in [5, 5.41) is 9.11. The molecule has 0 bridgehead atoms. The van der Waals surface area contributed by atoms with E-state index < -0.39 is 18.7 Å². The minimum Gasteiger partial charge on any atom is -0.478 e. The van der Waals surface area contributed by atoms with Crippen LogP contribution < -0.4 is 5.73 Å². The van der Waals surface area contributed by atoms with E-state index in [2.05, 4.69) is 0 Å². The van der Waals surface area contributed by atoms with E-state index in [0.29, 0.717) is 0 Å². The van der Waals surface area contributed by atoms with Crippen LogP contribution >= 0.6 is 0 Å². The summed E-state index contributed by atoms with van der Waals surface area (Å²) in [6, 6.07) is 4.05. The molecule has 0 saturated heterocycles. The molecule has 7 heteroatoms. The number of aromatic carboxylic acids is 1. The number of benzene rings is 1. The van der Waals surface area contributed by atoms with Crippen molar-refractivity contribution in [2.45, 2.75) is 32.6 Å². The molecule has 1 rings (SSSR count). The molecule has 0 fully saturated rings. The Hall–Kier alpha value is -1.76. The van der Waals surface area contributed by atoms with Gasteiger partial charge in [-0.25, -0.2) is 4.79 Å². The Morgan fingerprint density at radius 3 is 2.45 bits per heavy atom. The fourth-order valence-corrected chi connectivity index (χ4v) is 1.88. The number of carboxylic acid groups (broad SMARTS) is 1. The Balaban J connectivity index is 3.06. The molecule has 0 amide bonds. The van der Waals surface area contributed by atoms with Crippen LogP contribution in [0.15, 0.2) is 18.2 Å². The summed E-state index contributed by atoms with van der Waals surface area (Å²) in [4.78, 5) is 12.3. The Morgan fingerprint density at radius 1 is 1.40 bits per heavy atom. The van der Waals surface area contributed by atoms with Crippen molar-refractivity contribution in [3.05, 3.63) is 29.3 Å². The van der Waals surface area contributed by atoms with Crippen molar-refractivity contribution in [1.82, 2.24) is 4.90 Å². The molecule has 0 aliphatic carbocycles. The molecule has 0 unspecified atom stereocenters. The van der Waals surface area contributed by atoms with Crippen molar-refractivity contribution in [2.24, 2.45) is 0 Å². The molecular formula is C13H17F3N2O2. The van der Waals surface area contributed by atoms with Gasteiger partial charge in [0, 0.05) is 18.3 Å². The first-order valence-corrected chi connectivity index (χ1v) is 6.03. The van der Waals surface area contributed by atoms with Crippen molar-refractivity contribution in [3.63, 3.8) is 0 Å². The number of nitrogens with two attached hydrogens (primary N) is 1. The lowest BCUT2D eigenvalue weighted by molar-refractivity contribution is -0.150. The smallest absolute Gasteiger partial charge is 0.401 e. The lowest BCUT2D eigenvalue weighted by atomic mass is 10.0. The number of nitrogens with zero attached hydrogens (tertiary/aromatic N) is 1. The van der Waals surface area contributed by atoms with Gasteiger partial charge in [-0.05, 0) is 25.5 Å². The second kappa shape index (κ2) is 6.13. The minimum absolute atomic E-state index is 0.0470. The SMILES string of the molecule is CC(C)N(Cc1cccc(N)c1C(=O)O)CC(F)(F)F. The van der Waals surface area contributed by atoms with Crippen LogP contribution in [0, 0.1) is 0 Å². The normalized spacial score (nSPS) is 12.2. The number of alkyl halides is 3. The second-order valence-electron chi connectivity index (χ2n) is 4.80. The second-order valence-corrected chi connectivity index (χ2v) is 4.80. The molecule has 0 saturated carbocycles. The zero-order chi connectivity index (χ0) is 15.5. The van der Waals surface area contributed by atoms with Gasteiger partial charge in [-0.2, -0.15) is 13.2 Å². The van der Waals surface area contributed by atoms with Crippen LogP contribution in [0.1, 0.15) is 29.8 Å². The summed E-state index contributed by atoms with van der Waals surface area (Å²) in [7, 11) is 0. The Bertz CT molecular complexity index is 487. The average Bonchev–Trinajstić information content (AvgIpc) is 2.25. The van der Waals surface area contributed by atoms with Crippen LogP contribution in [-0.4, -0.2) is 34.7 Å². The molecule has 0 aromatic heterocycles. The Morgan fingerprint density at radius 2 is 2.00 bits per heavy atom. The highest BCUT2D eigenvalue weighted by molar-refractivity contribution is 5.95. The summed E-state index contributed by atoms with van der Waals surface area (Å²) < 4.78 is 37.6. The first kappa shape index (κ1) is 16.3. The van der Waals surface area contributed by atoms with Crippen LogP contribution in [0.5, 0.6) is 0 Å². The number of carbonyl (C=O) groups is 1. The van der Waals surface area contributed by atoms with Gasteiger partial charge in [-0.1, -0.05) is 12.1 Å². The summed E-state index contributed by atoms with van der Waals surface area (Å²) in [6.45, 7) is 2.03. The molecule has 0 radical (unpaired) electrons. The maximum atomic E-state index is 12.5. The van der Waals surface area contributed by atoms with Gasteiger partial charge >= 0.3 is 12.1 Å². The van der Waals surface area contributed by atoms with Gasteiger partial charge in [0.2, 0.25) is 0 Å². The Labute approximate surface area is 115 Å². The van der Waals surface area contributed by atoms with Gasteiger partial charge in [0.15, 0.2) is 0 Å². The summed E-state index contributed by atoms with van der Waals surface area (Å²) >= 11 is 0. The third kappa shape index (κ3) is 4.41. The van der Waals surface area contributed by atoms with Crippen LogP contribution in [-0.2, 0) is 6.54 Å². The lowest BCUT2D eigenvalue weighted by Gasteiger charge is -2.28. The van der Waals surface area contributed by atoms with Gasteiger partial charge in [-0.3, -0.25) is 4.90 Å². The summed E-state index contributed by atoms with van der Waals surface area (Å²) in [5.74, 6) is -1.24. The molecule has 1 aromatic rings. The monoisotopic (exact) mass is 290 g/mol. The number of nitrogen functional groups attached to an aromatic ring is 1. The highest BCUT2D eigenvalue weighted by atomic mass is 19.4. The molecular weight excluding hydrogens is 273 g/mol. The first-order valence-electron chi connectivity index (χ1n) is 6.03. The van der Waals surface area contributed by atoms with E-state index in [-0.39, 0.29) is 29.4 Å². The predicted octanol–water partition coefficient (Wildman–Crippen LogP) is 2.74. The molecule has 0 aliphatic heterocycles. The third-order valence-corrected chi connectivity index (χ3v) is 2.88. The number of anilines is 1. The maximum absolute atomic E-state index is 12.5. The van der Waals surface area contributed by atoms with Crippen LogP contribution in [0.2, 0.25) is 0 Å². The van der Waals surface area contributed by atoms with E-state index >= 15 is 0 Å². The topological polar surface area (TPSA) is 66.6 Å². The van der Waals surface area contributed by atoms with E-state index in [1.54, 1.807) is 13.8 Å². The maximum Gasteiger partial charge on any atom is 0.401 e. The van der Waals surface area contributed by atoms with E-state index in [1.165, 1.54) is 18.2 Å². The standard InChI is InChI=1S/C13H17F3N2O2/c1-8(2)18(7-13(14,15)16)6-9-4-3-5-10(17)11(9)12(19)20/h3-5,8H,6-7,17H2,1-2H3,(H,19,20). The number of carboxylic acids is 1. The molecule has 1 aromatic carbocycles. The quantitative estimate of drug-likeness (QED) is 0.818. The fraction of sp³-hybridized carbons (Fsp3) is 0.462. The first-order chi connectivity index (χ1) is 9.11. The van der Waals surface area contributed by atoms with E-state index in [9.17, 15) is 18.0 Å². The van der Waals surface area contributed by atoms with Gasteiger partial charge in [0.1, 0.15) is 0 Å². The molecule has 0 aliphatic rings. The molecule has 112 valence electrons. The molecule has 20 heavy (non-hydrogen) atoms. The molecule has 0 spiro atoms. The van der Waals surface area contributed by atoms with Gasteiger partial charge in [-0.15, -0.1) is 0 Å². The van der Waals surface area contributed by atoms with Crippen LogP contribution in [0.3, 0.4) is 0 Å². The fourth-order valence-electron chi connectivity index (χ4n) is 1.88. The molecule has 0 atom stereocenters. The number of hydrogen-bond acceptors (Lipinski definition) is 3. The van der Waals surface area contributed by atoms with Gasteiger partial charge in [0.05, 0.1) is 12.1 Å². The van der Waals surface area contributed by atoms with E-state index in [0.717, 1.165) is 4.90 Å². The van der Waals surface area contributed by atoms with Crippen molar-refractivity contribution < 1.29 is 23.1 Å². The third-order valence-electron chi connectivity index (χ3n) is 2.88. The number of hydrogen-bond donors (Lipinski definition) is 2. The van der Waals surface area contributed by atoms with Crippen molar-refractivity contribution in [1.29, 1.82) is 0 Å². The van der Waals surface area contributed by atoms with Crippen molar-refractivity contribution >= 4 is 11.7 Å². The summed E-state index contributed by atoms with van der Waals surface area (Å²) in [5.41, 5.74) is 5.76. The highest BCUT2D eigenvalue weighted by Crippen LogP contribution is 2.23. The van der Waals surface area contributed by atoms with Gasteiger partial charge in [0.25, 0.3) is 0 Å². The van der Waals surface area contributed by atoms with Crippen molar-refractivity contribution in [3.8, 4) is 0 Å². The van der Waals surface area contributed by atoms with Gasteiger partial charge < -0.3 is 10.8 Å². The zero-order valence-electron chi connectivity index (χ0n) is 11.2. The van der Waals surface area contributed by atoms with Crippen molar-refractivity contribution in [2.75, 3.05) is 12.3 Å².